The Labute approximate surface area is 152 Å². The fraction of sp³-hybridized carbons (Fsp3) is 0.450. The highest BCUT2D eigenvalue weighted by atomic mass is 16.6. The van der Waals surface area contributed by atoms with Crippen LogP contribution in [0, 0.1) is 18.8 Å². The van der Waals surface area contributed by atoms with E-state index in [-0.39, 0.29) is 36.9 Å². The van der Waals surface area contributed by atoms with Gasteiger partial charge in [-0.2, -0.15) is 0 Å². The van der Waals surface area contributed by atoms with Gasteiger partial charge in [0.1, 0.15) is 25.0 Å². The molecule has 0 saturated carbocycles. The van der Waals surface area contributed by atoms with E-state index in [1.165, 1.54) is 6.92 Å². The molecule has 0 aromatic heterocycles. The first kappa shape index (κ1) is 18.2. The van der Waals surface area contributed by atoms with Gasteiger partial charge >= 0.3 is 5.97 Å². The molecule has 6 heteroatoms. The lowest BCUT2D eigenvalue weighted by molar-refractivity contribution is -0.158. The summed E-state index contributed by atoms with van der Waals surface area (Å²) in [7, 11) is 0. The molecular weight excluding hydrogens is 334 g/mol. The van der Waals surface area contributed by atoms with Crippen molar-refractivity contribution in [2.75, 3.05) is 13.2 Å². The number of nitrogens with zero attached hydrogens (tertiary/aromatic N) is 1. The number of likely N-dealkylation sites (tertiary alicyclic amines) is 1. The van der Waals surface area contributed by atoms with Crippen LogP contribution in [0.5, 0.6) is 5.75 Å². The number of benzene rings is 1. The minimum Gasteiger partial charge on any atom is -0.490 e. The molecule has 1 aliphatic carbocycles. The van der Waals surface area contributed by atoms with Crippen molar-refractivity contribution in [3.63, 3.8) is 0 Å². The van der Waals surface area contributed by atoms with Crippen LogP contribution in [0.15, 0.2) is 36.4 Å². The molecule has 1 heterocycles. The molecule has 6 nitrogen and oxygen atoms in total. The van der Waals surface area contributed by atoms with Gasteiger partial charge in [-0.1, -0.05) is 29.8 Å². The zero-order chi connectivity index (χ0) is 18.7. The molecule has 1 aliphatic heterocycles. The summed E-state index contributed by atoms with van der Waals surface area (Å²) in [4.78, 5) is 38.3. The van der Waals surface area contributed by atoms with Gasteiger partial charge < -0.3 is 9.47 Å². The lowest BCUT2D eigenvalue weighted by atomic mass is 9.85. The number of ether oxygens (including phenoxy) is 2. The van der Waals surface area contributed by atoms with Gasteiger partial charge in [-0.15, -0.1) is 0 Å². The smallest absolute Gasteiger partial charge is 0.329 e. The van der Waals surface area contributed by atoms with Crippen molar-refractivity contribution in [1.29, 1.82) is 0 Å². The highest BCUT2D eigenvalue weighted by Gasteiger charge is 2.50. The third kappa shape index (κ3) is 3.64. The Morgan fingerprint density at radius 3 is 2.23 bits per heavy atom. The number of amides is 2. The van der Waals surface area contributed by atoms with E-state index in [0.717, 1.165) is 10.5 Å². The molecule has 1 fully saturated rings. The molecule has 1 aromatic carbocycles. The number of carbonyl (C=O) groups excluding carboxylic acids is 3. The van der Waals surface area contributed by atoms with E-state index in [2.05, 4.69) is 0 Å². The lowest BCUT2D eigenvalue weighted by Gasteiger charge is -2.21. The zero-order valence-electron chi connectivity index (χ0n) is 15.0. The minimum absolute atomic E-state index is 0.0572. The molecule has 0 spiro atoms. The van der Waals surface area contributed by atoms with E-state index in [9.17, 15) is 14.4 Å². The second-order valence-electron chi connectivity index (χ2n) is 6.71. The SMILES string of the molecule is Cc1ccc(OCCOC(=O)[C@H](C)N2C(=O)C3CC=CCC3C2=O)cc1. The molecule has 2 aliphatic rings. The summed E-state index contributed by atoms with van der Waals surface area (Å²) in [5.41, 5.74) is 1.13. The Balaban J connectivity index is 1.49. The van der Waals surface area contributed by atoms with Crippen LogP contribution in [0.2, 0.25) is 0 Å². The number of imide groups is 1. The van der Waals surface area contributed by atoms with Crippen LogP contribution in [0.1, 0.15) is 25.3 Å². The van der Waals surface area contributed by atoms with Gasteiger partial charge in [0, 0.05) is 0 Å². The quantitative estimate of drug-likeness (QED) is 0.338. The number of hydrogen-bond acceptors (Lipinski definition) is 5. The van der Waals surface area contributed by atoms with E-state index in [4.69, 9.17) is 9.47 Å². The maximum absolute atomic E-state index is 12.5. The van der Waals surface area contributed by atoms with Gasteiger partial charge in [-0.25, -0.2) is 4.79 Å². The number of carbonyl (C=O) groups is 3. The van der Waals surface area contributed by atoms with Gasteiger partial charge in [-0.05, 0) is 38.8 Å². The Hall–Kier alpha value is -2.63. The van der Waals surface area contributed by atoms with Gasteiger partial charge in [0.15, 0.2) is 0 Å². The second kappa shape index (κ2) is 7.72. The molecule has 3 rings (SSSR count). The Bertz CT molecular complexity index is 698. The molecule has 0 radical (unpaired) electrons. The van der Waals surface area contributed by atoms with Gasteiger partial charge in [0.25, 0.3) is 0 Å². The summed E-state index contributed by atoms with van der Waals surface area (Å²) in [6, 6.07) is 6.64. The number of esters is 1. The van der Waals surface area contributed by atoms with Crippen LogP contribution >= 0.6 is 0 Å². The van der Waals surface area contributed by atoms with Crippen LogP contribution in [0.3, 0.4) is 0 Å². The molecule has 0 N–H and O–H groups in total. The van der Waals surface area contributed by atoms with Gasteiger partial charge in [0.05, 0.1) is 11.8 Å². The third-order valence-electron chi connectivity index (χ3n) is 4.89. The van der Waals surface area contributed by atoms with E-state index >= 15 is 0 Å². The van der Waals surface area contributed by atoms with Crippen LogP contribution in [-0.4, -0.2) is 41.9 Å². The van der Waals surface area contributed by atoms with Crippen LogP contribution in [-0.2, 0) is 19.1 Å². The maximum atomic E-state index is 12.5. The summed E-state index contributed by atoms with van der Waals surface area (Å²) in [6.45, 7) is 3.78. The lowest BCUT2D eigenvalue weighted by Crippen LogP contribution is -2.44. The van der Waals surface area contributed by atoms with E-state index < -0.39 is 12.0 Å². The largest absolute Gasteiger partial charge is 0.490 e. The summed E-state index contributed by atoms with van der Waals surface area (Å²) >= 11 is 0. The fourth-order valence-corrected chi connectivity index (χ4v) is 3.37. The average molecular weight is 357 g/mol. The van der Waals surface area contributed by atoms with Crippen LogP contribution in [0.4, 0.5) is 0 Å². The summed E-state index contributed by atoms with van der Waals surface area (Å²) in [5.74, 6) is -1.12. The van der Waals surface area contributed by atoms with Crippen molar-refractivity contribution in [1.82, 2.24) is 4.90 Å². The average Bonchev–Trinajstić information content (AvgIpc) is 2.90. The number of allylic oxidation sites excluding steroid dienone is 2. The highest BCUT2D eigenvalue weighted by Crippen LogP contribution is 2.36. The number of rotatable bonds is 6. The first-order chi connectivity index (χ1) is 12.5. The first-order valence-corrected chi connectivity index (χ1v) is 8.87. The second-order valence-corrected chi connectivity index (χ2v) is 6.71. The van der Waals surface area contributed by atoms with E-state index in [1.807, 2.05) is 43.3 Å². The van der Waals surface area contributed by atoms with Crippen molar-refractivity contribution >= 4 is 17.8 Å². The topological polar surface area (TPSA) is 72.9 Å². The summed E-state index contributed by atoms with van der Waals surface area (Å²) in [6.07, 6.45) is 4.94. The number of aryl methyl sites for hydroxylation is 1. The Morgan fingerprint density at radius 2 is 1.65 bits per heavy atom. The number of fused-ring (bicyclic) bond motifs is 1. The molecule has 1 saturated heterocycles. The molecule has 138 valence electrons. The predicted octanol–water partition coefficient (Wildman–Crippen LogP) is 2.26. The zero-order valence-corrected chi connectivity index (χ0v) is 15.0. The molecule has 1 aromatic rings. The van der Waals surface area contributed by atoms with Crippen molar-refractivity contribution in [3.8, 4) is 5.75 Å². The normalized spacial score (nSPS) is 22.9. The molecule has 3 atom stereocenters. The molecule has 2 unspecified atom stereocenters. The van der Waals surface area contributed by atoms with Crippen molar-refractivity contribution in [2.24, 2.45) is 11.8 Å². The summed E-state index contributed by atoms with van der Waals surface area (Å²) in [5, 5.41) is 0. The standard InChI is InChI=1S/C20H23NO5/c1-13-7-9-15(10-8-13)25-11-12-26-20(24)14(2)21-18(22)16-5-3-4-6-17(16)19(21)23/h3-4,7-10,14,16-17H,5-6,11-12H2,1-2H3/t14-,16?,17?/m0/s1. The maximum Gasteiger partial charge on any atom is 0.329 e. The minimum atomic E-state index is -0.917. The molecular formula is C20H23NO5. The highest BCUT2D eigenvalue weighted by molar-refractivity contribution is 6.08. The van der Waals surface area contributed by atoms with Crippen molar-refractivity contribution in [2.45, 2.75) is 32.7 Å². The first-order valence-electron chi connectivity index (χ1n) is 8.87. The van der Waals surface area contributed by atoms with Gasteiger partial charge in [-0.3, -0.25) is 14.5 Å². The van der Waals surface area contributed by atoms with E-state index in [0.29, 0.717) is 18.6 Å². The third-order valence-corrected chi connectivity index (χ3v) is 4.89. The Morgan fingerprint density at radius 1 is 1.08 bits per heavy atom. The number of hydrogen-bond donors (Lipinski definition) is 0. The van der Waals surface area contributed by atoms with Crippen molar-refractivity contribution < 1.29 is 23.9 Å². The van der Waals surface area contributed by atoms with Crippen LogP contribution < -0.4 is 4.74 Å². The van der Waals surface area contributed by atoms with E-state index in [1.54, 1.807) is 0 Å². The Kier molecular flexibility index (Phi) is 5.40. The van der Waals surface area contributed by atoms with Crippen molar-refractivity contribution in [3.05, 3.63) is 42.0 Å². The summed E-state index contributed by atoms with van der Waals surface area (Å²) < 4.78 is 10.7. The molecule has 0 bridgehead atoms. The monoisotopic (exact) mass is 357 g/mol. The van der Waals surface area contributed by atoms with Gasteiger partial charge in [0.2, 0.25) is 11.8 Å². The fourth-order valence-electron chi connectivity index (χ4n) is 3.37. The van der Waals surface area contributed by atoms with Crippen LogP contribution in [0.25, 0.3) is 0 Å². The molecule has 26 heavy (non-hydrogen) atoms. The predicted molar refractivity (Wildman–Crippen MR) is 94.3 cm³/mol. The molecule has 2 amide bonds.